The van der Waals surface area contributed by atoms with Crippen LogP contribution in [-0.4, -0.2) is 44.0 Å². The highest BCUT2D eigenvalue weighted by Crippen LogP contribution is 2.13. The van der Waals surface area contributed by atoms with Crippen molar-refractivity contribution in [3.8, 4) is 5.75 Å². The zero-order valence-corrected chi connectivity index (χ0v) is 13.3. The van der Waals surface area contributed by atoms with Crippen molar-refractivity contribution in [1.29, 1.82) is 0 Å². The van der Waals surface area contributed by atoms with Gasteiger partial charge in [0.15, 0.2) is 0 Å². The summed E-state index contributed by atoms with van der Waals surface area (Å²) in [6.45, 7) is 4.85. The van der Waals surface area contributed by atoms with E-state index in [0.29, 0.717) is 25.3 Å². The van der Waals surface area contributed by atoms with Crippen LogP contribution < -0.4 is 10.1 Å². The summed E-state index contributed by atoms with van der Waals surface area (Å²) in [5, 5.41) is 11.7. The Kier molecular flexibility index (Phi) is 10.1. The average molecular weight is 309 g/mol. The van der Waals surface area contributed by atoms with Crippen molar-refractivity contribution in [2.45, 2.75) is 32.6 Å². The Morgan fingerprint density at radius 2 is 1.86 bits per heavy atom. The summed E-state index contributed by atoms with van der Waals surface area (Å²) >= 11 is 0. The second-order valence-corrected chi connectivity index (χ2v) is 5.04. The molecule has 0 heterocycles. The predicted molar refractivity (Wildman–Crippen MR) is 86.3 cm³/mol. The Labute approximate surface area is 132 Å². The predicted octanol–water partition coefficient (Wildman–Crippen LogP) is 2.38. The average Bonchev–Trinajstić information content (AvgIpc) is 2.55. The van der Waals surface area contributed by atoms with Crippen LogP contribution in [0.15, 0.2) is 24.3 Å². The van der Waals surface area contributed by atoms with E-state index < -0.39 is 0 Å². The van der Waals surface area contributed by atoms with Crippen LogP contribution >= 0.6 is 0 Å². The summed E-state index contributed by atoms with van der Waals surface area (Å²) in [4.78, 5) is 11.8. The van der Waals surface area contributed by atoms with Crippen LogP contribution in [-0.2, 0) is 4.74 Å². The van der Waals surface area contributed by atoms with Gasteiger partial charge in [0.05, 0.1) is 25.4 Å². The SMILES string of the molecule is CCCOc1ccc(C(=O)OCCCCCNCCO)cc1. The summed E-state index contributed by atoms with van der Waals surface area (Å²) < 4.78 is 10.7. The molecule has 0 aliphatic carbocycles. The van der Waals surface area contributed by atoms with Crippen LogP contribution in [0.1, 0.15) is 43.0 Å². The molecular weight excluding hydrogens is 282 g/mol. The number of ether oxygens (including phenoxy) is 2. The lowest BCUT2D eigenvalue weighted by Crippen LogP contribution is -2.19. The van der Waals surface area contributed by atoms with Gasteiger partial charge in [-0.05, 0) is 56.5 Å². The number of rotatable bonds is 12. The summed E-state index contributed by atoms with van der Waals surface area (Å²) in [5.74, 6) is 0.481. The Bertz CT molecular complexity index is 406. The highest BCUT2D eigenvalue weighted by atomic mass is 16.5. The molecule has 0 radical (unpaired) electrons. The minimum Gasteiger partial charge on any atom is -0.494 e. The smallest absolute Gasteiger partial charge is 0.338 e. The van der Waals surface area contributed by atoms with Gasteiger partial charge in [-0.2, -0.15) is 0 Å². The molecule has 22 heavy (non-hydrogen) atoms. The highest BCUT2D eigenvalue weighted by Gasteiger charge is 2.06. The van der Waals surface area contributed by atoms with E-state index in [2.05, 4.69) is 12.2 Å². The molecule has 1 rings (SSSR count). The first kappa shape index (κ1) is 18.5. The van der Waals surface area contributed by atoms with Crippen LogP contribution in [0.3, 0.4) is 0 Å². The zero-order chi connectivity index (χ0) is 16.0. The fraction of sp³-hybridized carbons (Fsp3) is 0.588. The molecule has 0 fully saturated rings. The maximum absolute atomic E-state index is 11.8. The first-order chi connectivity index (χ1) is 10.8. The van der Waals surface area contributed by atoms with E-state index in [-0.39, 0.29) is 12.6 Å². The summed E-state index contributed by atoms with van der Waals surface area (Å²) in [6, 6.07) is 7.04. The molecule has 5 nitrogen and oxygen atoms in total. The largest absolute Gasteiger partial charge is 0.494 e. The van der Waals surface area contributed by atoms with Crippen molar-refractivity contribution < 1.29 is 19.4 Å². The molecule has 1 aromatic rings. The number of unbranched alkanes of at least 4 members (excludes halogenated alkanes) is 2. The van der Waals surface area contributed by atoms with Gasteiger partial charge in [0.2, 0.25) is 0 Å². The number of esters is 1. The molecule has 0 atom stereocenters. The minimum absolute atomic E-state index is 0.167. The lowest BCUT2D eigenvalue weighted by atomic mass is 10.2. The van der Waals surface area contributed by atoms with E-state index in [1.54, 1.807) is 24.3 Å². The fourth-order valence-electron chi connectivity index (χ4n) is 1.89. The van der Waals surface area contributed by atoms with Gasteiger partial charge < -0.3 is 19.9 Å². The standard InChI is InChI=1S/C17H27NO4/c1-2-13-21-16-8-6-15(7-9-16)17(20)22-14-5-3-4-10-18-11-12-19/h6-9,18-19H,2-5,10-14H2,1H3. The fourth-order valence-corrected chi connectivity index (χ4v) is 1.89. The van der Waals surface area contributed by atoms with Crippen molar-refractivity contribution in [3.05, 3.63) is 29.8 Å². The summed E-state index contributed by atoms with van der Waals surface area (Å²) in [6.07, 6.45) is 3.82. The minimum atomic E-state index is -0.291. The van der Waals surface area contributed by atoms with Crippen molar-refractivity contribution in [2.75, 3.05) is 32.9 Å². The third-order valence-corrected chi connectivity index (χ3v) is 3.08. The van der Waals surface area contributed by atoms with E-state index in [4.69, 9.17) is 14.6 Å². The van der Waals surface area contributed by atoms with Crippen LogP contribution in [0.2, 0.25) is 0 Å². The van der Waals surface area contributed by atoms with Gasteiger partial charge in [-0.1, -0.05) is 6.92 Å². The van der Waals surface area contributed by atoms with Crippen LogP contribution in [0, 0.1) is 0 Å². The van der Waals surface area contributed by atoms with E-state index in [1.807, 2.05) is 0 Å². The molecule has 0 aromatic heterocycles. The molecule has 0 unspecified atom stereocenters. The number of carbonyl (C=O) groups excluding carboxylic acids is 1. The topological polar surface area (TPSA) is 67.8 Å². The van der Waals surface area contributed by atoms with Crippen molar-refractivity contribution in [1.82, 2.24) is 5.32 Å². The number of hydrogen-bond acceptors (Lipinski definition) is 5. The summed E-state index contributed by atoms with van der Waals surface area (Å²) in [7, 11) is 0. The van der Waals surface area contributed by atoms with Gasteiger partial charge in [-0.3, -0.25) is 0 Å². The van der Waals surface area contributed by atoms with Gasteiger partial charge in [0, 0.05) is 6.54 Å². The number of hydrogen-bond donors (Lipinski definition) is 2. The van der Waals surface area contributed by atoms with Gasteiger partial charge in [-0.25, -0.2) is 4.79 Å². The van der Waals surface area contributed by atoms with Crippen molar-refractivity contribution >= 4 is 5.97 Å². The molecule has 1 aromatic carbocycles. The van der Waals surface area contributed by atoms with Gasteiger partial charge in [-0.15, -0.1) is 0 Å². The van der Waals surface area contributed by atoms with E-state index in [0.717, 1.165) is 38.0 Å². The molecule has 0 saturated carbocycles. The molecular formula is C17H27NO4. The van der Waals surface area contributed by atoms with Crippen molar-refractivity contribution in [3.63, 3.8) is 0 Å². The molecule has 0 amide bonds. The Morgan fingerprint density at radius 3 is 2.55 bits per heavy atom. The third kappa shape index (κ3) is 8.00. The first-order valence-corrected chi connectivity index (χ1v) is 7.99. The van der Waals surface area contributed by atoms with E-state index in [1.165, 1.54) is 0 Å². The van der Waals surface area contributed by atoms with E-state index >= 15 is 0 Å². The second kappa shape index (κ2) is 12.0. The number of benzene rings is 1. The quantitative estimate of drug-likeness (QED) is 0.458. The molecule has 2 N–H and O–H groups in total. The van der Waals surface area contributed by atoms with Crippen LogP contribution in [0.5, 0.6) is 5.75 Å². The Balaban J connectivity index is 2.14. The van der Waals surface area contributed by atoms with Gasteiger partial charge in [0.1, 0.15) is 5.75 Å². The number of nitrogens with one attached hydrogen (secondary N) is 1. The lowest BCUT2D eigenvalue weighted by molar-refractivity contribution is 0.0498. The number of aliphatic hydroxyl groups is 1. The molecule has 0 aliphatic rings. The molecule has 0 spiro atoms. The molecule has 0 bridgehead atoms. The maximum Gasteiger partial charge on any atom is 0.338 e. The van der Waals surface area contributed by atoms with Gasteiger partial charge in [0.25, 0.3) is 0 Å². The monoisotopic (exact) mass is 309 g/mol. The van der Waals surface area contributed by atoms with Crippen molar-refractivity contribution in [2.24, 2.45) is 0 Å². The van der Waals surface area contributed by atoms with E-state index in [9.17, 15) is 4.79 Å². The second-order valence-electron chi connectivity index (χ2n) is 5.04. The summed E-state index contributed by atoms with van der Waals surface area (Å²) in [5.41, 5.74) is 0.550. The Hall–Kier alpha value is -1.59. The van der Waals surface area contributed by atoms with Gasteiger partial charge >= 0.3 is 5.97 Å². The third-order valence-electron chi connectivity index (χ3n) is 3.08. The molecule has 0 aliphatic heterocycles. The van der Waals surface area contributed by atoms with Crippen LogP contribution in [0.4, 0.5) is 0 Å². The maximum atomic E-state index is 11.8. The first-order valence-electron chi connectivity index (χ1n) is 7.99. The molecule has 0 saturated heterocycles. The Morgan fingerprint density at radius 1 is 1.09 bits per heavy atom. The number of aliphatic hydroxyl groups excluding tert-OH is 1. The normalized spacial score (nSPS) is 10.5. The highest BCUT2D eigenvalue weighted by molar-refractivity contribution is 5.89. The molecule has 124 valence electrons. The van der Waals surface area contributed by atoms with Crippen LogP contribution in [0.25, 0.3) is 0 Å². The number of carbonyl (C=O) groups is 1. The molecule has 5 heteroatoms. The zero-order valence-electron chi connectivity index (χ0n) is 13.3. The lowest BCUT2D eigenvalue weighted by Gasteiger charge is -2.07.